The third kappa shape index (κ3) is 5.97. The fourth-order valence-corrected chi connectivity index (χ4v) is 3.84. The van der Waals surface area contributed by atoms with E-state index in [9.17, 15) is 0 Å². The number of nitrogens with one attached hydrogen (secondary N) is 1. The molecule has 0 spiro atoms. The van der Waals surface area contributed by atoms with Crippen molar-refractivity contribution >= 4 is 17.3 Å². The minimum atomic E-state index is 0.357. The van der Waals surface area contributed by atoms with E-state index in [4.69, 9.17) is 10.5 Å². The molecule has 1 saturated carbocycles. The number of nitrogens with two attached hydrogens (primary N) is 1. The largest absolute Gasteiger partial charge is 0.378 e. The second kappa shape index (κ2) is 9.85. The molecule has 0 radical (unpaired) electrons. The van der Waals surface area contributed by atoms with Crippen LogP contribution in [0.2, 0.25) is 0 Å². The summed E-state index contributed by atoms with van der Waals surface area (Å²) in [5.41, 5.74) is 5.93. The quantitative estimate of drug-likeness (QED) is 0.542. The molecular weight excluding hydrogens is 294 g/mol. The van der Waals surface area contributed by atoms with Gasteiger partial charge in [-0.05, 0) is 50.0 Å². The summed E-state index contributed by atoms with van der Waals surface area (Å²) in [5.74, 6) is 1.28. The molecule has 0 saturated heterocycles. The Hall–Kier alpha value is -1.07. The van der Waals surface area contributed by atoms with Crippen molar-refractivity contribution in [3.63, 3.8) is 0 Å². The zero-order valence-corrected chi connectivity index (χ0v) is 14.4. The summed E-state index contributed by atoms with van der Waals surface area (Å²) in [5, 5.41) is 5.29. The van der Waals surface area contributed by atoms with E-state index in [0.717, 1.165) is 38.5 Å². The van der Waals surface area contributed by atoms with Crippen LogP contribution >= 0.6 is 11.3 Å². The fraction of sp³-hybridized carbons (Fsp3) is 0.706. The second-order valence-electron chi connectivity index (χ2n) is 5.85. The highest BCUT2D eigenvalue weighted by molar-refractivity contribution is 7.09. The molecule has 1 atom stereocenters. The lowest BCUT2D eigenvalue weighted by Gasteiger charge is -2.22. The van der Waals surface area contributed by atoms with Crippen molar-refractivity contribution in [2.45, 2.75) is 51.6 Å². The van der Waals surface area contributed by atoms with E-state index in [1.54, 1.807) is 11.3 Å². The van der Waals surface area contributed by atoms with Crippen LogP contribution in [0, 0.1) is 5.92 Å². The van der Waals surface area contributed by atoms with Crippen LogP contribution in [0.15, 0.2) is 22.5 Å². The van der Waals surface area contributed by atoms with Gasteiger partial charge in [0.2, 0.25) is 0 Å². The third-order valence-electron chi connectivity index (χ3n) is 4.26. The van der Waals surface area contributed by atoms with Crippen LogP contribution in [0.5, 0.6) is 0 Å². The van der Waals surface area contributed by atoms with Gasteiger partial charge in [-0.1, -0.05) is 18.9 Å². The first kappa shape index (κ1) is 17.3. The van der Waals surface area contributed by atoms with E-state index in [-0.39, 0.29) is 0 Å². The van der Waals surface area contributed by atoms with Crippen molar-refractivity contribution in [2.24, 2.45) is 16.6 Å². The van der Waals surface area contributed by atoms with Crippen molar-refractivity contribution in [3.05, 3.63) is 22.4 Å². The first-order valence-corrected chi connectivity index (χ1v) is 9.35. The summed E-state index contributed by atoms with van der Waals surface area (Å²) >= 11 is 1.78. The first-order chi connectivity index (χ1) is 10.8. The molecule has 1 aliphatic carbocycles. The highest BCUT2D eigenvalue weighted by atomic mass is 32.1. The van der Waals surface area contributed by atoms with Crippen LogP contribution in [0.25, 0.3) is 0 Å². The van der Waals surface area contributed by atoms with Crippen LogP contribution in [0.3, 0.4) is 0 Å². The zero-order chi connectivity index (χ0) is 15.6. The van der Waals surface area contributed by atoms with Gasteiger partial charge >= 0.3 is 0 Å². The molecule has 1 fully saturated rings. The normalized spacial score (nSPS) is 17.8. The predicted octanol–water partition coefficient (Wildman–Crippen LogP) is 3.18. The molecular formula is C17H29N3OS. The van der Waals surface area contributed by atoms with E-state index < -0.39 is 0 Å². The Bertz CT molecular complexity index is 427. The standard InChI is InChI=1S/C17H29N3OS/c1-2-21-16(14-6-3-4-7-14)10-12-20-17(18)19-11-9-15-8-5-13-22-15/h5,8,13-14,16H,2-4,6-7,9-12H2,1H3,(H3,18,19,20). The Balaban J connectivity index is 1.65. The fourth-order valence-electron chi connectivity index (χ4n) is 3.14. The Morgan fingerprint density at radius 3 is 3.00 bits per heavy atom. The van der Waals surface area contributed by atoms with Gasteiger partial charge in [-0.3, -0.25) is 4.99 Å². The minimum absolute atomic E-state index is 0.357. The first-order valence-electron chi connectivity index (χ1n) is 8.47. The van der Waals surface area contributed by atoms with Gasteiger partial charge in [-0.25, -0.2) is 0 Å². The number of hydrogen-bond donors (Lipinski definition) is 2. The monoisotopic (exact) mass is 323 g/mol. The second-order valence-corrected chi connectivity index (χ2v) is 6.88. The molecule has 3 N–H and O–H groups in total. The molecule has 5 heteroatoms. The zero-order valence-electron chi connectivity index (χ0n) is 13.6. The van der Waals surface area contributed by atoms with Crippen molar-refractivity contribution in [1.29, 1.82) is 0 Å². The van der Waals surface area contributed by atoms with Crippen molar-refractivity contribution in [3.8, 4) is 0 Å². The molecule has 124 valence electrons. The maximum Gasteiger partial charge on any atom is 0.188 e. The Kier molecular flexibility index (Phi) is 7.74. The molecule has 1 unspecified atom stereocenters. The molecule has 1 aromatic heterocycles. The van der Waals surface area contributed by atoms with Gasteiger partial charge in [-0.15, -0.1) is 11.3 Å². The molecule has 4 nitrogen and oxygen atoms in total. The smallest absolute Gasteiger partial charge is 0.188 e. The van der Waals surface area contributed by atoms with Crippen LogP contribution in [0.4, 0.5) is 0 Å². The minimum Gasteiger partial charge on any atom is -0.378 e. The average Bonchev–Trinajstić information content (AvgIpc) is 3.20. The average molecular weight is 324 g/mol. The predicted molar refractivity (Wildman–Crippen MR) is 94.5 cm³/mol. The summed E-state index contributed by atoms with van der Waals surface area (Å²) in [6.45, 7) is 4.46. The Labute approximate surface area is 138 Å². The number of rotatable bonds is 9. The highest BCUT2D eigenvalue weighted by Gasteiger charge is 2.24. The molecule has 22 heavy (non-hydrogen) atoms. The van der Waals surface area contributed by atoms with Gasteiger partial charge in [0.15, 0.2) is 5.96 Å². The Morgan fingerprint density at radius 1 is 1.50 bits per heavy atom. The molecule has 0 aromatic carbocycles. The van der Waals surface area contributed by atoms with Crippen molar-refractivity contribution < 1.29 is 4.74 Å². The number of guanidine groups is 1. The summed E-state index contributed by atoms with van der Waals surface area (Å²) < 4.78 is 5.91. The number of aliphatic imine (C=N–C) groups is 1. The van der Waals surface area contributed by atoms with E-state index in [2.05, 4.69) is 34.7 Å². The topological polar surface area (TPSA) is 59.6 Å². The highest BCUT2D eigenvalue weighted by Crippen LogP contribution is 2.30. The third-order valence-corrected chi connectivity index (χ3v) is 5.20. The number of hydrogen-bond acceptors (Lipinski definition) is 3. The van der Waals surface area contributed by atoms with Gasteiger partial charge < -0.3 is 15.8 Å². The Morgan fingerprint density at radius 2 is 2.32 bits per heavy atom. The van der Waals surface area contributed by atoms with Crippen LogP contribution in [-0.4, -0.2) is 31.8 Å². The molecule has 1 heterocycles. The van der Waals surface area contributed by atoms with Crippen molar-refractivity contribution in [1.82, 2.24) is 5.32 Å². The van der Waals surface area contributed by atoms with E-state index >= 15 is 0 Å². The van der Waals surface area contributed by atoms with E-state index in [1.807, 2.05) is 0 Å². The van der Waals surface area contributed by atoms with Crippen LogP contribution < -0.4 is 11.1 Å². The van der Waals surface area contributed by atoms with E-state index in [1.165, 1.54) is 30.6 Å². The molecule has 1 aromatic rings. The molecule has 0 bridgehead atoms. The van der Waals surface area contributed by atoms with Gasteiger partial charge in [0.05, 0.1) is 6.10 Å². The molecule has 0 aliphatic heterocycles. The number of ether oxygens (including phenoxy) is 1. The van der Waals surface area contributed by atoms with Gasteiger partial charge in [0.25, 0.3) is 0 Å². The lowest BCUT2D eigenvalue weighted by molar-refractivity contribution is 0.0177. The maximum absolute atomic E-state index is 5.93. The maximum atomic E-state index is 5.93. The van der Waals surface area contributed by atoms with Crippen LogP contribution in [0.1, 0.15) is 43.9 Å². The summed E-state index contributed by atoms with van der Waals surface area (Å²) in [6.07, 6.45) is 7.65. The van der Waals surface area contributed by atoms with Crippen LogP contribution in [-0.2, 0) is 11.2 Å². The SMILES string of the molecule is CCOC(CCN=C(N)NCCc1cccs1)C1CCCC1. The molecule has 0 amide bonds. The summed E-state index contributed by atoms with van der Waals surface area (Å²) in [7, 11) is 0. The number of thiophene rings is 1. The number of nitrogens with zero attached hydrogens (tertiary/aromatic N) is 1. The molecule has 1 aliphatic rings. The lowest BCUT2D eigenvalue weighted by atomic mass is 9.98. The van der Waals surface area contributed by atoms with Gasteiger partial charge in [0, 0.05) is 24.6 Å². The van der Waals surface area contributed by atoms with Crippen molar-refractivity contribution in [2.75, 3.05) is 19.7 Å². The molecule has 2 rings (SSSR count). The van der Waals surface area contributed by atoms with E-state index in [0.29, 0.717) is 12.1 Å². The summed E-state index contributed by atoms with van der Waals surface area (Å²) in [6, 6.07) is 4.22. The van der Waals surface area contributed by atoms with Gasteiger partial charge in [0.1, 0.15) is 0 Å². The lowest BCUT2D eigenvalue weighted by Crippen LogP contribution is -2.33. The summed E-state index contributed by atoms with van der Waals surface area (Å²) in [4.78, 5) is 5.82. The van der Waals surface area contributed by atoms with Gasteiger partial charge in [-0.2, -0.15) is 0 Å².